The van der Waals surface area contributed by atoms with Gasteiger partial charge in [-0.25, -0.2) is 9.18 Å². The number of hydrogen-bond acceptors (Lipinski definition) is 4. The molecule has 2 aromatic rings. The van der Waals surface area contributed by atoms with Gasteiger partial charge >= 0.3 is 6.03 Å². The lowest BCUT2D eigenvalue weighted by Gasteiger charge is -2.18. The standard InChI is InChI=1S/C18H24FN5O2/c1-26-9-8-24-13-16(11-21-24)22-18(25)20-10-14-6-7-23(12-14)17-4-2-15(19)3-5-17/h2-5,11,13-14H,6-10,12H2,1H3,(H2,20,22,25). The second-order valence-corrected chi connectivity index (χ2v) is 6.40. The molecule has 140 valence electrons. The highest BCUT2D eigenvalue weighted by Crippen LogP contribution is 2.23. The maximum Gasteiger partial charge on any atom is 0.319 e. The molecule has 7 nitrogen and oxygen atoms in total. The number of methoxy groups -OCH3 is 1. The third-order valence-corrected chi connectivity index (χ3v) is 4.44. The minimum Gasteiger partial charge on any atom is -0.383 e. The number of nitrogens with one attached hydrogen (secondary N) is 2. The number of nitrogens with zero attached hydrogens (tertiary/aromatic N) is 3. The zero-order valence-corrected chi connectivity index (χ0v) is 14.8. The summed E-state index contributed by atoms with van der Waals surface area (Å²) < 4.78 is 19.7. The van der Waals surface area contributed by atoms with Crippen LogP contribution in [0, 0.1) is 11.7 Å². The van der Waals surface area contributed by atoms with Crippen LogP contribution in [0.1, 0.15) is 6.42 Å². The Hall–Kier alpha value is -2.61. The molecule has 3 rings (SSSR count). The number of carbonyl (C=O) groups excluding carboxylic acids is 1. The summed E-state index contributed by atoms with van der Waals surface area (Å²) in [7, 11) is 1.64. The molecule has 1 unspecified atom stereocenters. The Kier molecular flexibility index (Phi) is 6.06. The second-order valence-electron chi connectivity index (χ2n) is 6.40. The van der Waals surface area contributed by atoms with Gasteiger partial charge in [0, 0.05) is 38.6 Å². The van der Waals surface area contributed by atoms with Gasteiger partial charge in [-0.2, -0.15) is 5.10 Å². The molecule has 1 aliphatic heterocycles. The number of urea groups is 1. The summed E-state index contributed by atoms with van der Waals surface area (Å²) in [4.78, 5) is 14.3. The molecule has 0 bridgehead atoms. The second kappa shape index (κ2) is 8.66. The molecule has 26 heavy (non-hydrogen) atoms. The van der Waals surface area contributed by atoms with Crippen LogP contribution in [0.2, 0.25) is 0 Å². The van der Waals surface area contributed by atoms with Crippen LogP contribution in [0.3, 0.4) is 0 Å². The van der Waals surface area contributed by atoms with E-state index in [1.807, 2.05) is 0 Å². The molecule has 2 N–H and O–H groups in total. The van der Waals surface area contributed by atoms with Crippen LogP contribution in [0.25, 0.3) is 0 Å². The van der Waals surface area contributed by atoms with Crippen molar-refractivity contribution in [1.29, 1.82) is 0 Å². The summed E-state index contributed by atoms with van der Waals surface area (Å²) in [6.45, 7) is 3.56. The minimum atomic E-state index is -0.239. The van der Waals surface area contributed by atoms with Gasteiger partial charge in [-0.05, 0) is 36.6 Å². The lowest BCUT2D eigenvalue weighted by molar-refractivity contribution is 0.183. The zero-order valence-electron chi connectivity index (χ0n) is 14.8. The summed E-state index contributed by atoms with van der Waals surface area (Å²) in [6, 6.07) is 6.29. The highest BCUT2D eigenvalue weighted by atomic mass is 19.1. The van der Waals surface area contributed by atoms with Crippen molar-refractivity contribution in [2.45, 2.75) is 13.0 Å². The van der Waals surface area contributed by atoms with Crippen LogP contribution in [-0.4, -0.2) is 49.2 Å². The Morgan fingerprint density at radius 2 is 2.19 bits per heavy atom. The van der Waals surface area contributed by atoms with Gasteiger partial charge in [0.2, 0.25) is 0 Å². The number of amides is 2. The van der Waals surface area contributed by atoms with E-state index < -0.39 is 0 Å². The lowest BCUT2D eigenvalue weighted by Crippen LogP contribution is -2.34. The third kappa shape index (κ3) is 4.95. The van der Waals surface area contributed by atoms with Crippen molar-refractivity contribution in [2.24, 2.45) is 5.92 Å². The van der Waals surface area contributed by atoms with E-state index in [2.05, 4.69) is 20.6 Å². The first-order valence-electron chi connectivity index (χ1n) is 8.71. The molecule has 8 heteroatoms. The molecular formula is C18H24FN5O2. The van der Waals surface area contributed by atoms with Gasteiger partial charge in [-0.15, -0.1) is 0 Å². The van der Waals surface area contributed by atoms with Crippen molar-refractivity contribution in [3.63, 3.8) is 0 Å². The van der Waals surface area contributed by atoms with Gasteiger partial charge in [0.1, 0.15) is 5.82 Å². The van der Waals surface area contributed by atoms with E-state index in [0.29, 0.717) is 31.3 Å². The van der Waals surface area contributed by atoms with Crippen LogP contribution in [0.4, 0.5) is 20.6 Å². The summed E-state index contributed by atoms with van der Waals surface area (Å²) in [5.41, 5.74) is 1.67. The number of anilines is 2. The highest BCUT2D eigenvalue weighted by Gasteiger charge is 2.23. The molecule has 1 atom stereocenters. The Morgan fingerprint density at radius 3 is 2.96 bits per heavy atom. The first-order valence-corrected chi connectivity index (χ1v) is 8.71. The number of hydrogen-bond donors (Lipinski definition) is 2. The average molecular weight is 361 g/mol. The van der Waals surface area contributed by atoms with Crippen molar-refractivity contribution in [3.8, 4) is 0 Å². The summed E-state index contributed by atoms with van der Waals surface area (Å²) in [6.07, 6.45) is 4.37. The van der Waals surface area contributed by atoms with Crippen molar-refractivity contribution < 1.29 is 13.9 Å². The largest absolute Gasteiger partial charge is 0.383 e. The number of aromatic nitrogens is 2. The fourth-order valence-corrected chi connectivity index (χ4v) is 3.03. The van der Waals surface area contributed by atoms with Gasteiger partial charge in [-0.3, -0.25) is 4.68 Å². The van der Waals surface area contributed by atoms with E-state index in [0.717, 1.165) is 25.2 Å². The predicted octanol–water partition coefficient (Wildman–Crippen LogP) is 2.32. The van der Waals surface area contributed by atoms with Gasteiger partial charge < -0.3 is 20.3 Å². The molecule has 1 aromatic heterocycles. The fourth-order valence-electron chi connectivity index (χ4n) is 3.03. The fraction of sp³-hybridized carbons (Fsp3) is 0.444. The molecular weight excluding hydrogens is 337 g/mol. The molecule has 2 heterocycles. The maximum absolute atomic E-state index is 13.0. The van der Waals surface area contributed by atoms with Crippen LogP contribution in [-0.2, 0) is 11.3 Å². The molecule has 2 amide bonds. The van der Waals surface area contributed by atoms with Crippen molar-refractivity contribution in [2.75, 3.05) is 43.6 Å². The lowest BCUT2D eigenvalue weighted by atomic mass is 10.1. The normalized spacial score (nSPS) is 16.7. The molecule has 0 spiro atoms. The van der Waals surface area contributed by atoms with Crippen molar-refractivity contribution in [3.05, 3.63) is 42.5 Å². The molecule has 1 saturated heterocycles. The van der Waals surface area contributed by atoms with Crippen LogP contribution >= 0.6 is 0 Å². The first kappa shape index (κ1) is 18.2. The summed E-state index contributed by atoms with van der Waals surface area (Å²) in [5, 5.41) is 9.85. The van der Waals surface area contributed by atoms with Crippen LogP contribution < -0.4 is 15.5 Å². The Labute approximate surface area is 152 Å². The number of benzene rings is 1. The molecule has 0 aliphatic carbocycles. The zero-order chi connectivity index (χ0) is 18.4. The molecule has 1 fully saturated rings. The quantitative estimate of drug-likeness (QED) is 0.794. The molecule has 1 aliphatic rings. The van der Waals surface area contributed by atoms with Crippen LogP contribution in [0.5, 0.6) is 0 Å². The maximum atomic E-state index is 13.0. The van der Waals surface area contributed by atoms with E-state index >= 15 is 0 Å². The SMILES string of the molecule is COCCn1cc(NC(=O)NCC2CCN(c3ccc(F)cc3)C2)cn1. The van der Waals surface area contributed by atoms with Crippen molar-refractivity contribution in [1.82, 2.24) is 15.1 Å². The number of ether oxygens (including phenoxy) is 1. The predicted molar refractivity (Wildman–Crippen MR) is 97.8 cm³/mol. The van der Waals surface area contributed by atoms with Crippen LogP contribution in [0.15, 0.2) is 36.7 Å². The summed E-state index contributed by atoms with van der Waals surface area (Å²) >= 11 is 0. The van der Waals surface area contributed by atoms with E-state index in [-0.39, 0.29) is 11.8 Å². The Morgan fingerprint density at radius 1 is 1.38 bits per heavy atom. The number of carbonyl (C=O) groups is 1. The van der Waals surface area contributed by atoms with Gasteiger partial charge in [0.15, 0.2) is 0 Å². The molecule has 1 aromatic carbocycles. The van der Waals surface area contributed by atoms with E-state index in [1.165, 1.54) is 12.1 Å². The monoisotopic (exact) mass is 361 g/mol. The van der Waals surface area contributed by atoms with Gasteiger partial charge in [0.25, 0.3) is 0 Å². The highest BCUT2D eigenvalue weighted by molar-refractivity contribution is 5.88. The van der Waals surface area contributed by atoms with E-state index in [1.54, 1.807) is 36.3 Å². The van der Waals surface area contributed by atoms with E-state index in [4.69, 9.17) is 4.74 Å². The average Bonchev–Trinajstić information content (AvgIpc) is 3.28. The van der Waals surface area contributed by atoms with Gasteiger partial charge in [-0.1, -0.05) is 0 Å². The van der Waals surface area contributed by atoms with E-state index in [9.17, 15) is 9.18 Å². The number of halogens is 1. The summed E-state index contributed by atoms with van der Waals surface area (Å²) in [5.74, 6) is 0.142. The first-order chi connectivity index (χ1) is 12.6. The van der Waals surface area contributed by atoms with Gasteiger partial charge in [0.05, 0.1) is 25.0 Å². The smallest absolute Gasteiger partial charge is 0.319 e. The topological polar surface area (TPSA) is 71.4 Å². The Balaban J connectivity index is 1.41. The Bertz CT molecular complexity index is 719. The number of rotatable bonds is 7. The third-order valence-electron chi connectivity index (χ3n) is 4.44. The molecule has 0 radical (unpaired) electrons. The molecule has 0 saturated carbocycles. The minimum absolute atomic E-state index is 0.228. The van der Waals surface area contributed by atoms with Crippen molar-refractivity contribution >= 4 is 17.4 Å².